The number of nitrogens with one attached hydrogen (secondary N) is 1. The minimum atomic E-state index is -0.280. The first-order valence-corrected chi connectivity index (χ1v) is 5.75. The van der Waals surface area contributed by atoms with Crippen molar-refractivity contribution < 1.29 is 4.79 Å². The van der Waals surface area contributed by atoms with E-state index in [9.17, 15) is 4.79 Å². The maximum atomic E-state index is 11.4. The monoisotopic (exact) mass is 219 g/mol. The van der Waals surface area contributed by atoms with Crippen LogP contribution in [0.3, 0.4) is 0 Å². The Morgan fingerprint density at radius 1 is 1.43 bits per heavy atom. The molecule has 0 saturated carbocycles. The molecule has 0 rings (SSSR count). The van der Waals surface area contributed by atoms with E-state index in [1.165, 1.54) is 0 Å². The number of carbonyl (C=O) groups is 1. The van der Waals surface area contributed by atoms with Crippen LogP contribution in [0.25, 0.3) is 0 Å². The number of halogens is 1. The molecular weight excluding hydrogens is 198 g/mol. The SMILES string of the molecule is CC(CCl)CCCNC(=O)C(C)(C)C. The fourth-order valence-corrected chi connectivity index (χ4v) is 1.15. The van der Waals surface area contributed by atoms with Crippen LogP contribution >= 0.6 is 11.6 Å². The highest BCUT2D eigenvalue weighted by molar-refractivity contribution is 6.18. The summed E-state index contributed by atoms with van der Waals surface area (Å²) in [6.07, 6.45) is 2.09. The Kier molecular flexibility index (Phi) is 6.17. The summed E-state index contributed by atoms with van der Waals surface area (Å²) in [5.41, 5.74) is -0.280. The molecule has 2 nitrogen and oxygen atoms in total. The predicted molar refractivity (Wildman–Crippen MR) is 61.6 cm³/mol. The predicted octanol–water partition coefficient (Wildman–Crippen LogP) is 2.80. The average molecular weight is 220 g/mol. The molecule has 14 heavy (non-hydrogen) atoms. The van der Waals surface area contributed by atoms with Gasteiger partial charge in [-0.25, -0.2) is 0 Å². The number of hydrogen-bond acceptors (Lipinski definition) is 1. The average Bonchev–Trinajstić information content (AvgIpc) is 2.09. The highest BCUT2D eigenvalue weighted by Gasteiger charge is 2.20. The van der Waals surface area contributed by atoms with Gasteiger partial charge in [0.05, 0.1) is 0 Å². The Morgan fingerprint density at radius 3 is 2.43 bits per heavy atom. The van der Waals surface area contributed by atoms with Crippen LogP contribution in [0.1, 0.15) is 40.5 Å². The first-order chi connectivity index (χ1) is 6.38. The maximum absolute atomic E-state index is 11.4. The lowest BCUT2D eigenvalue weighted by atomic mass is 9.95. The summed E-state index contributed by atoms with van der Waals surface area (Å²) in [6, 6.07) is 0. The van der Waals surface area contributed by atoms with Crippen molar-refractivity contribution in [3.05, 3.63) is 0 Å². The summed E-state index contributed by atoms with van der Waals surface area (Å²) in [5, 5.41) is 2.92. The van der Waals surface area contributed by atoms with E-state index in [-0.39, 0.29) is 11.3 Å². The molecule has 0 bridgehead atoms. The lowest BCUT2D eigenvalue weighted by molar-refractivity contribution is -0.128. The third-order valence-electron chi connectivity index (χ3n) is 2.10. The Hall–Kier alpha value is -0.240. The van der Waals surface area contributed by atoms with Crippen LogP contribution in [0.4, 0.5) is 0 Å². The van der Waals surface area contributed by atoms with Crippen LogP contribution in [-0.4, -0.2) is 18.3 Å². The molecule has 0 fully saturated rings. The van der Waals surface area contributed by atoms with Gasteiger partial charge in [-0.05, 0) is 18.8 Å². The summed E-state index contributed by atoms with van der Waals surface area (Å²) < 4.78 is 0. The highest BCUT2D eigenvalue weighted by Crippen LogP contribution is 2.12. The molecule has 84 valence electrons. The third-order valence-corrected chi connectivity index (χ3v) is 2.63. The second-order valence-corrected chi connectivity index (χ2v) is 5.22. The molecule has 0 aliphatic carbocycles. The van der Waals surface area contributed by atoms with E-state index >= 15 is 0 Å². The van der Waals surface area contributed by atoms with Crippen LogP contribution in [-0.2, 0) is 4.79 Å². The van der Waals surface area contributed by atoms with E-state index in [1.807, 2.05) is 20.8 Å². The Labute approximate surface area is 92.4 Å². The van der Waals surface area contributed by atoms with Crippen molar-refractivity contribution in [2.24, 2.45) is 11.3 Å². The molecule has 1 N–H and O–H groups in total. The van der Waals surface area contributed by atoms with Crippen molar-refractivity contribution >= 4 is 17.5 Å². The minimum absolute atomic E-state index is 0.121. The molecule has 0 aromatic rings. The topological polar surface area (TPSA) is 29.1 Å². The number of hydrogen-bond donors (Lipinski definition) is 1. The Balaban J connectivity index is 3.51. The Morgan fingerprint density at radius 2 is 2.00 bits per heavy atom. The zero-order valence-electron chi connectivity index (χ0n) is 9.69. The lowest BCUT2D eigenvalue weighted by Crippen LogP contribution is -2.35. The first-order valence-electron chi connectivity index (χ1n) is 5.22. The standard InChI is InChI=1S/C11H22ClNO/c1-9(8-12)6-5-7-13-10(14)11(2,3)4/h9H,5-8H2,1-4H3,(H,13,14). The highest BCUT2D eigenvalue weighted by atomic mass is 35.5. The van der Waals surface area contributed by atoms with Gasteiger partial charge < -0.3 is 5.32 Å². The van der Waals surface area contributed by atoms with Crippen LogP contribution in [0, 0.1) is 11.3 Å². The summed E-state index contributed by atoms with van der Waals surface area (Å²) in [6.45, 7) is 8.65. The van der Waals surface area contributed by atoms with Crippen molar-refractivity contribution in [3.63, 3.8) is 0 Å². The molecule has 0 saturated heterocycles. The molecule has 0 heterocycles. The van der Waals surface area contributed by atoms with Crippen LogP contribution in [0.2, 0.25) is 0 Å². The van der Waals surface area contributed by atoms with E-state index in [0.717, 1.165) is 19.4 Å². The van der Waals surface area contributed by atoms with Gasteiger partial charge in [-0.1, -0.05) is 27.7 Å². The largest absolute Gasteiger partial charge is 0.356 e. The van der Waals surface area contributed by atoms with Crippen molar-refractivity contribution in [1.29, 1.82) is 0 Å². The van der Waals surface area contributed by atoms with Gasteiger partial charge in [-0.2, -0.15) is 0 Å². The fourth-order valence-electron chi connectivity index (χ4n) is 0.995. The fraction of sp³-hybridized carbons (Fsp3) is 0.909. The summed E-state index contributed by atoms with van der Waals surface area (Å²) in [5.74, 6) is 1.37. The van der Waals surface area contributed by atoms with Gasteiger partial charge >= 0.3 is 0 Å². The number of carbonyl (C=O) groups excluding carboxylic acids is 1. The lowest BCUT2D eigenvalue weighted by Gasteiger charge is -2.17. The minimum Gasteiger partial charge on any atom is -0.356 e. The van der Waals surface area contributed by atoms with Crippen LogP contribution < -0.4 is 5.32 Å². The molecule has 1 amide bonds. The number of amides is 1. The normalized spacial score (nSPS) is 13.8. The molecule has 0 aliphatic heterocycles. The van der Waals surface area contributed by atoms with E-state index in [4.69, 9.17) is 11.6 Å². The van der Waals surface area contributed by atoms with E-state index in [2.05, 4.69) is 12.2 Å². The van der Waals surface area contributed by atoms with Gasteiger partial charge in [0.2, 0.25) is 5.91 Å². The zero-order valence-corrected chi connectivity index (χ0v) is 10.4. The van der Waals surface area contributed by atoms with Gasteiger partial charge in [0.1, 0.15) is 0 Å². The Bertz CT molecular complexity index is 175. The molecule has 0 spiro atoms. The van der Waals surface area contributed by atoms with E-state index in [1.54, 1.807) is 0 Å². The molecule has 3 heteroatoms. The molecular formula is C11H22ClNO. The molecule has 0 aliphatic rings. The second kappa shape index (κ2) is 6.28. The quantitative estimate of drug-likeness (QED) is 0.559. The molecule has 1 atom stereocenters. The number of rotatable bonds is 5. The van der Waals surface area contributed by atoms with Gasteiger partial charge in [0, 0.05) is 17.8 Å². The van der Waals surface area contributed by atoms with Crippen molar-refractivity contribution in [3.8, 4) is 0 Å². The summed E-state index contributed by atoms with van der Waals surface area (Å²) >= 11 is 5.68. The van der Waals surface area contributed by atoms with Gasteiger partial charge in [-0.15, -0.1) is 11.6 Å². The van der Waals surface area contributed by atoms with E-state index in [0.29, 0.717) is 11.8 Å². The van der Waals surface area contributed by atoms with Gasteiger partial charge in [-0.3, -0.25) is 4.79 Å². The van der Waals surface area contributed by atoms with Crippen molar-refractivity contribution in [1.82, 2.24) is 5.32 Å². The van der Waals surface area contributed by atoms with Crippen LogP contribution in [0.15, 0.2) is 0 Å². The van der Waals surface area contributed by atoms with E-state index < -0.39 is 0 Å². The van der Waals surface area contributed by atoms with Gasteiger partial charge in [0.15, 0.2) is 0 Å². The molecule has 0 radical (unpaired) electrons. The molecule has 0 aromatic carbocycles. The van der Waals surface area contributed by atoms with Crippen LogP contribution in [0.5, 0.6) is 0 Å². The summed E-state index contributed by atoms with van der Waals surface area (Å²) in [7, 11) is 0. The molecule has 0 aromatic heterocycles. The first kappa shape index (κ1) is 13.8. The van der Waals surface area contributed by atoms with Crippen molar-refractivity contribution in [2.75, 3.05) is 12.4 Å². The maximum Gasteiger partial charge on any atom is 0.225 e. The van der Waals surface area contributed by atoms with Gasteiger partial charge in [0.25, 0.3) is 0 Å². The zero-order chi connectivity index (χ0) is 11.2. The second-order valence-electron chi connectivity index (χ2n) is 4.91. The smallest absolute Gasteiger partial charge is 0.225 e. The third kappa shape index (κ3) is 6.25. The number of alkyl halides is 1. The summed E-state index contributed by atoms with van der Waals surface area (Å²) in [4.78, 5) is 11.4. The molecule has 1 unspecified atom stereocenters. The van der Waals surface area contributed by atoms with Crippen molar-refractivity contribution in [2.45, 2.75) is 40.5 Å².